The molecule has 68 valence electrons. The summed E-state index contributed by atoms with van der Waals surface area (Å²) in [7, 11) is 0. The first-order valence-corrected chi connectivity index (χ1v) is 4.41. The molecule has 1 heterocycles. The first-order chi connectivity index (χ1) is 5.75. The van der Waals surface area contributed by atoms with Crippen LogP contribution in [0.4, 0.5) is 4.79 Å². The molecule has 1 aliphatic heterocycles. The SMILES string of the molecule is O=C(O)ON1CC2CCCC2C1. The van der Waals surface area contributed by atoms with Crippen LogP contribution in [0.3, 0.4) is 0 Å². The Hall–Kier alpha value is -0.770. The maximum atomic E-state index is 10.2. The highest BCUT2D eigenvalue weighted by Crippen LogP contribution is 2.37. The van der Waals surface area contributed by atoms with Crippen LogP contribution >= 0.6 is 0 Å². The molecule has 2 fully saturated rings. The van der Waals surface area contributed by atoms with Crippen molar-refractivity contribution < 1.29 is 14.7 Å². The molecule has 1 saturated carbocycles. The average molecular weight is 171 g/mol. The Morgan fingerprint density at radius 1 is 1.33 bits per heavy atom. The van der Waals surface area contributed by atoms with Crippen molar-refractivity contribution in [3.63, 3.8) is 0 Å². The lowest BCUT2D eigenvalue weighted by Gasteiger charge is -2.12. The van der Waals surface area contributed by atoms with E-state index in [0.29, 0.717) is 11.8 Å². The molecule has 1 N–H and O–H groups in total. The van der Waals surface area contributed by atoms with Crippen LogP contribution in [-0.4, -0.2) is 29.4 Å². The number of carbonyl (C=O) groups is 1. The number of hydroxylamine groups is 2. The fourth-order valence-corrected chi connectivity index (χ4v) is 2.38. The van der Waals surface area contributed by atoms with Crippen molar-refractivity contribution in [1.29, 1.82) is 0 Å². The van der Waals surface area contributed by atoms with E-state index in [1.165, 1.54) is 19.3 Å². The predicted octanol–water partition coefficient (Wildman–Crippen LogP) is 1.33. The first-order valence-electron chi connectivity index (χ1n) is 4.41. The van der Waals surface area contributed by atoms with Gasteiger partial charge in [-0.15, -0.1) is 5.06 Å². The minimum atomic E-state index is -1.19. The van der Waals surface area contributed by atoms with Gasteiger partial charge in [-0.05, 0) is 24.7 Å². The van der Waals surface area contributed by atoms with E-state index >= 15 is 0 Å². The summed E-state index contributed by atoms with van der Waals surface area (Å²) < 4.78 is 0. The van der Waals surface area contributed by atoms with E-state index in [2.05, 4.69) is 4.84 Å². The molecule has 1 saturated heterocycles. The van der Waals surface area contributed by atoms with Gasteiger partial charge in [0.1, 0.15) is 0 Å². The van der Waals surface area contributed by atoms with Gasteiger partial charge >= 0.3 is 6.16 Å². The van der Waals surface area contributed by atoms with E-state index in [-0.39, 0.29) is 0 Å². The largest absolute Gasteiger partial charge is 0.525 e. The quantitative estimate of drug-likeness (QED) is 0.646. The van der Waals surface area contributed by atoms with E-state index in [9.17, 15) is 4.79 Å². The molecule has 0 spiro atoms. The van der Waals surface area contributed by atoms with Gasteiger partial charge in [0, 0.05) is 13.1 Å². The van der Waals surface area contributed by atoms with Gasteiger partial charge in [0.25, 0.3) is 0 Å². The number of hydrogen-bond acceptors (Lipinski definition) is 3. The van der Waals surface area contributed by atoms with Crippen molar-refractivity contribution in [3.8, 4) is 0 Å². The second-order valence-corrected chi connectivity index (χ2v) is 3.66. The molecule has 4 nitrogen and oxygen atoms in total. The summed E-state index contributed by atoms with van der Waals surface area (Å²) in [5, 5.41) is 9.95. The number of fused-ring (bicyclic) bond motifs is 1. The fourth-order valence-electron chi connectivity index (χ4n) is 2.38. The highest BCUT2D eigenvalue weighted by molar-refractivity contribution is 5.56. The molecule has 0 aromatic rings. The van der Waals surface area contributed by atoms with Gasteiger partial charge < -0.3 is 9.94 Å². The normalized spacial score (nSPS) is 35.0. The Balaban J connectivity index is 1.86. The van der Waals surface area contributed by atoms with E-state index in [1.807, 2.05) is 0 Å². The Bertz CT molecular complexity index is 183. The molecular formula is C8H13NO3. The van der Waals surface area contributed by atoms with E-state index in [0.717, 1.165) is 13.1 Å². The molecule has 0 aromatic carbocycles. The van der Waals surface area contributed by atoms with E-state index in [1.54, 1.807) is 5.06 Å². The summed E-state index contributed by atoms with van der Waals surface area (Å²) in [5.74, 6) is 1.37. The predicted molar refractivity (Wildman–Crippen MR) is 41.5 cm³/mol. The van der Waals surface area contributed by atoms with Crippen molar-refractivity contribution in [2.24, 2.45) is 11.8 Å². The third-order valence-electron chi connectivity index (χ3n) is 2.90. The van der Waals surface area contributed by atoms with Gasteiger partial charge in [0.05, 0.1) is 0 Å². The molecule has 0 aromatic heterocycles. The lowest BCUT2D eigenvalue weighted by atomic mass is 10.0. The van der Waals surface area contributed by atoms with Gasteiger partial charge in [-0.2, -0.15) is 0 Å². The van der Waals surface area contributed by atoms with Crippen LogP contribution in [0.2, 0.25) is 0 Å². The summed E-state index contributed by atoms with van der Waals surface area (Å²) in [6.07, 6.45) is 2.60. The number of rotatable bonds is 1. The zero-order valence-electron chi connectivity index (χ0n) is 6.90. The van der Waals surface area contributed by atoms with Gasteiger partial charge in [0.2, 0.25) is 0 Å². The molecule has 2 rings (SSSR count). The summed E-state index contributed by atoms with van der Waals surface area (Å²) >= 11 is 0. The summed E-state index contributed by atoms with van der Waals surface area (Å²) in [6, 6.07) is 0. The Labute approximate surface area is 71.1 Å². The Kier molecular flexibility index (Phi) is 1.92. The van der Waals surface area contributed by atoms with Gasteiger partial charge in [-0.25, -0.2) is 4.79 Å². The van der Waals surface area contributed by atoms with Crippen LogP contribution in [-0.2, 0) is 4.84 Å². The lowest BCUT2D eigenvalue weighted by molar-refractivity contribution is -0.107. The van der Waals surface area contributed by atoms with Crippen molar-refractivity contribution in [3.05, 3.63) is 0 Å². The molecule has 0 radical (unpaired) electrons. The minimum Gasteiger partial charge on any atom is -0.448 e. The number of hydrogen-bond donors (Lipinski definition) is 1. The monoisotopic (exact) mass is 171 g/mol. The van der Waals surface area contributed by atoms with Crippen molar-refractivity contribution in [2.45, 2.75) is 19.3 Å². The zero-order valence-corrected chi connectivity index (χ0v) is 6.90. The third kappa shape index (κ3) is 1.39. The van der Waals surface area contributed by atoms with Crippen molar-refractivity contribution >= 4 is 6.16 Å². The van der Waals surface area contributed by atoms with E-state index < -0.39 is 6.16 Å². The zero-order chi connectivity index (χ0) is 8.55. The topological polar surface area (TPSA) is 49.8 Å². The summed E-state index contributed by atoms with van der Waals surface area (Å²) in [6.45, 7) is 1.61. The van der Waals surface area contributed by atoms with Crippen LogP contribution < -0.4 is 0 Å². The standard InChI is InChI=1S/C8H13NO3/c10-8(11)12-9-4-6-2-1-3-7(6)5-9/h6-7H,1-5H2,(H,10,11). The third-order valence-corrected chi connectivity index (χ3v) is 2.90. The minimum absolute atomic E-state index is 0.685. The molecule has 2 aliphatic rings. The molecule has 4 heteroatoms. The fraction of sp³-hybridized carbons (Fsp3) is 0.875. The smallest absolute Gasteiger partial charge is 0.448 e. The van der Waals surface area contributed by atoms with Gasteiger partial charge in [0.15, 0.2) is 0 Å². The van der Waals surface area contributed by atoms with Gasteiger partial charge in [-0.1, -0.05) is 6.42 Å². The van der Waals surface area contributed by atoms with Crippen LogP contribution in [0.1, 0.15) is 19.3 Å². The molecule has 0 amide bonds. The summed E-state index contributed by atoms with van der Waals surface area (Å²) in [4.78, 5) is 14.8. The van der Waals surface area contributed by atoms with Crippen LogP contribution in [0.5, 0.6) is 0 Å². The molecule has 2 unspecified atom stereocenters. The number of carboxylic acid groups (broad SMARTS) is 1. The van der Waals surface area contributed by atoms with Gasteiger partial charge in [-0.3, -0.25) is 0 Å². The molecule has 1 aliphatic carbocycles. The average Bonchev–Trinajstić information content (AvgIpc) is 2.43. The molecule has 12 heavy (non-hydrogen) atoms. The second kappa shape index (κ2) is 2.94. The number of nitrogens with zero attached hydrogens (tertiary/aromatic N) is 1. The summed E-state index contributed by atoms with van der Waals surface area (Å²) in [5.41, 5.74) is 0. The van der Waals surface area contributed by atoms with Crippen LogP contribution in [0, 0.1) is 11.8 Å². The van der Waals surface area contributed by atoms with Crippen LogP contribution in [0.25, 0.3) is 0 Å². The maximum Gasteiger partial charge on any atom is 0.525 e. The highest BCUT2D eigenvalue weighted by atomic mass is 16.8. The highest BCUT2D eigenvalue weighted by Gasteiger charge is 2.37. The Morgan fingerprint density at radius 3 is 2.42 bits per heavy atom. The molecular weight excluding hydrogens is 158 g/mol. The van der Waals surface area contributed by atoms with Crippen molar-refractivity contribution in [2.75, 3.05) is 13.1 Å². The first kappa shape index (κ1) is 7.86. The second-order valence-electron chi connectivity index (χ2n) is 3.66. The maximum absolute atomic E-state index is 10.2. The Morgan fingerprint density at radius 2 is 1.92 bits per heavy atom. The van der Waals surface area contributed by atoms with Crippen molar-refractivity contribution in [1.82, 2.24) is 5.06 Å². The van der Waals surface area contributed by atoms with Crippen LogP contribution in [0.15, 0.2) is 0 Å². The molecule has 0 bridgehead atoms. The van der Waals surface area contributed by atoms with E-state index in [4.69, 9.17) is 5.11 Å². The lowest BCUT2D eigenvalue weighted by Crippen LogP contribution is -2.24. The molecule has 2 atom stereocenters.